The summed E-state index contributed by atoms with van der Waals surface area (Å²) in [4.78, 5) is 22.7. The van der Waals surface area contributed by atoms with Gasteiger partial charge in [-0.3, -0.25) is 14.9 Å². The van der Waals surface area contributed by atoms with Gasteiger partial charge in [-0.1, -0.05) is 18.2 Å². The number of carbonyl (C=O) groups is 1. The third-order valence-corrected chi connectivity index (χ3v) is 6.14. The van der Waals surface area contributed by atoms with Crippen LogP contribution in [0.15, 0.2) is 54.6 Å². The van der Waals surface area contributed by atoms with Crippen LogP contribution in [0.2, 0.25) is 0 Å². The van der Waals surface area contributed by atoms with E-state index in [1.54, 1.807) is 30.3 Å². The molecule has 0 radical (unpaired) electrons. The van der Waals surface area contributed by atoms with Gasteiger partial charge in [0.15, 0.2) is 0 Å². The largest absolute Gasteiger partial charge is 0.513 e. The number of nitro benzene ring substituents is 1. The van der Waals surface area contributed by atoms with Gasteiger partial charge in [-0.25, -0.2) is 4.57 Å². The van der Waals surface area contributed by atoms with Crippen LogP contribution in [0.4, 0.5) is 5.69 Å². The van der Waals surface area contributed by atoms with Gasteiger partial charge in [-0.05, 0) is 56.9 Å². The zero-order valence-electron chi connectivity index (χ0n) is 16.4. The maximum absolute atomic E-state index is 13.4. The Kier molecular flexibility index (Phi) is 7.07. The molecule has 1 aliphatic rings. The third-order valence-electron chi connectivity index (χ3n) is 4.53. The molecule has 10 heteroatoms. The molecule has 1 N–H and O–H groups in total. The van der Waals surface area contributed by atoms with Gasteiger partial charge in [0, 0.05) is 12.1 Å². The Morgan fingerprint density at radius 1 is 1.07 bits per heavy atom. The second kappa shape index (κ2) is 9.73. The molecule has 0 saturated heterocycles. The number of carbonyl (C=O) groups excluding carboxylic acids is 1. The Hall–Kier alpha value is -2.90. The summed E-state index contributed by atoms with van der Waals surface area (Å²) < 4.78 is 30.0. The molecule has 0 heterocycles. The highest BCUT2D eigenvalue weighted by Gasteiger charge is 2.35. The summed E-state index contributed by atoms with van der Waals surface area (Å²) in [5.41, 5.74) is -0.136. The topological polar surface area (TPSA) is 117 Å². The Morgan fingerprint density at radius 3 is 2.20 bits per heavy atom. The summed E-state index contributed by atoms with van der Waals surface area (Å²) >= 11 is 0. The van der Waals surface area contributed by atoms with Crippen LogP contribution in [-0.4, -0.2) is 23.0 Å². The Bertz CT molecular complexity index is 915. The van der Waals surface area contributed by atoms with Crippen LogP contribution in [0.3, 0.4) is 0 Å². The van der Waals surface area contributed by atoms with Gasteiger partial charge in [0.05, 0.1) is 4.92 Å². The summed E-state index contributed by atoms with van der Waals surface area (Å²) in [6, 6.07) is 12.4. The van der Waals surface area contributed by atoms with Crippen LogP contribution in [0.1, 0.15) is 32.6 Å². The predicted octanol–water partition coefficient (Wildman–Crippen LogP) is 4.62. The van der Waals surface area contributed by atoms with E-state index in [2.05, 4.69) is 5.09 Å². The number of ether oxygens (including phenoxy) is 1. The fraction of sp³-hybridized carbons (Fsp3) is 0.350. The van der Waals surface area contributed by atoms with E-state index < -0.39 is 24.7 Å². The maximum atomic E-state index is 13.4. The lowest BCUT2D eigenvalue weighted by molar-refractivity contribution is -0.384. The summed E-state index contributed by atoms with van der Waals surface area (Å²) in [5, 5.41) is 13.4. The third kappa shape index (κ3) is 6.05. The molecular formula is C20H23N2O7P. The number of para-hydroxylation sites is 1. The normalized spacial score (nSPS) is 17.0. The van der Waals surface area contributed by atoms with Crippen LogP contribution in [-0.2, 0) is 14.1 Å². The highest BCUT2D eigenvalue weighted by Crippen LogP contribution is 2.45. The van der Waals surface area contributed by atoms with Gasteiger partial charge in [-0.15, -0.1) is 0 Å². The van der Waals surface area contributed by atoms with Gasteiger partial charge in [-0.2, -0.15) is 5.09 Å². The molecule has 30 heavy (non-hydrogen) atoms. The fourth-order valence-electron chi connectivity index (χ4n) is 3.02. The highest BCUT2D eigenvalue weighted by atomic mass is 31.2. The average Bonchev–Trinajstić information content (AvgIpc) is 3.22. The van der Waals surface area contributed by atoms with E-state index in [9.17, 15) is 19.5 Å². The number of nitrogens with one attached hydrogen (secondary N) is 1. The van der Waals surface area contributed by atoms with Gasteiger partial charge in [0.25, 0.3) is 5.69 Å². The van der Waals surface area contributed by atoms with Gasteiger partial charge in [0.1, 0.15) is 23.6 Å². The number of nitro groups is 1. The first kappa shape index (κ1) is 21.8. The molecule has 0 spiro atoms. The average molecular weight is 434 g/mol. The van der Waals surface area contributed by atoms with E-state index in [1.165, 1.54) is 31.2 Å². The van der Waals surface area contributed by atoms with Gasteiger partial charge in [0.2, 0.25) is 0 Å². The van der Waals surface area contributed by atoms with Crippen molar-refractivity contribution >= 4 is 19.4 Å². The molecule has 0 amide bonds. The molecule has 1 aliphatic carbocycles. The molecule has 0 aromatic heterocycles. The van der Waals surface area contributed by atoms with Crippen LogP contribution < -0.4 is 14.1 Å². The first-order valence-corrected chi connectivity index (χ1v) is 11.2. The number of esters is 1. The van der Waals surface area contributed by atoms with Crippen molar-refractivity contribution in [1.82, 2.24) is 5.09 Å². The number of rotatable bonds is 9. The number of benzene rings is 2. The van der Waals surface area contributed by atoms with Crippen molar-refractivity contribution < 1.29 is 28.1 Å². The first-order valence-electron chi connectivity index (χ1n) is 9.62. The lowest BCUT2D eigenvalue weighted by atomic mass is 10.3. The van der Waals surface area contributed by atoms with Crippen molar-refractivity contribution in [2.75, 3.05) is 0 Å². The van der Waals surface area contributed by atoms with Crippen molar-refractivity contribution in [3.8, 4) is 11.5 Å². The van der Waals surface area contributed by atoms with Crippen LogP contribution in [0, 0.1) is 10.1 Å². The maximum Gasteiger partial charge on any atom is 0.513 e. The van der Waals surface area contributed by atoms with E-state index in [-0.39, 0.29) is 23.3 Å². The molecule has 2 atom stereocenters. The van der Waals surface area contributed by atoms with Crippen molar-refractivity contribution in [1.29, 1.82) is 0 Å². The number of nitrogens with zero attached hydrogens (tertiary/aromatic N) is 1. The molecule has 1 saturated carbocycles. The predicted molar refractivity (Wildman–Crippen MR) is 109 cm³/mol. The molecule has 2 aromatic carbocycles. The lowest BCUT2D eigenvalue weighted by Gasteiger charge is -2.24. The summed E-state index contributed by atoms with van der Waals surface area (Å²) in [7, 11) is -4.08. The van der Waals surface area contributed by atoms with Crippen molar-refractivity contribution in [3.63, 3.8) is 0 Å². The smallest absolute Gasteiger partial charge is 0.461 e. The van der Waals surface area contributed by atoms with E-state index in [0.29, 0.717) is 0 Å². The SMILES string of the molecule is C[C@H](NP(=O)(Oc1ccccc1)Oc1ccc([N+](=O)[O-])cc1)C(=O)OC1CCCC1. The van der Waals surface area contributed by atoms with Gasteiger partial charge < -0.3 is 13.8 Å². The fourth-order valence-corrected chi connectivity index (χ4v) is 4.54. The van der Waals surface area contributed by atoms with E-state index in [4.69, 9.17) is 13.8 Å². The zero-order valence-corrected chi connectivity index (χ0v) is 17.3. The molecule has 1 fully saturated rings. The highest BCUT2D eigenvalue weighted by molar-refractivity contribution is 7.52. The second-order valence-electron chi connectivity index (χ2n) is 6.94. The monoisotopic (exact) mass is 434 g/mol. The molecule has 2 aromatic rings. The Morgan fingerprint density at radius 2 is 1.63 bits per heavy atom. The van der Waals surface area contributed by atoms with E-state index in [1.807, 2.05) is 0 Å². The summed E-state index contributed by atoms with van der Waals surface area (Å²) in [6.07, 6.45) is 3.52. The molecule has 0 bridgehead atoms. The minimum Gasteiger partial charge on any atom is -0.461 e. The first-order chi connectivity index (χ1) is 14.3. The Labute approximate surface area is 174 Å². The summed E-state index contributed by atoms with van der Waals surface area (Å²) in [6.45, 7) is 1.51. The minimum atomic E-state index is -4.08. The zero-order chi connectivity index (χ0) is 21.6. The van der Waals surface area contributed by atoms with Crippen molar-refractivity contribution in [2.24, 2.45) is 0 Å². The van der Waals surface area contributed by atoms with Gasteiger partial charge >= 0.3 is 13.7 Å². The van der Waals surface area contributed by atoms with Crippen LogP contribution in [0.25, 0.3) is 0 Å². The quantitative estimate of drug-likeness (QED) is 0.263. The summed E-state index contributed by atoms with van der Waals surface area (Å²) in [5.74, 6) is -0.193. The van der Waals surface area contributed by atoms with E-state index in [0.717, 1.165) is 25.7 Å². The molecular weight excluding hydrogens is 411 g/mol. The molecule has 0 aliphatic heterocycles. The van der Waals surface area contributed by atoms with Crippen LogP contribution >= 0.6 is 7.75 Å². The van der Waals surface area contributed by atoms with E-state index >= 15 is 0 Å². The number of hydrogen-bond acceptors (Lipinski definition) is 7. The molecule has 9 nitrogen and oxygen atoms in total. The Balaban J connectivity index is 1.75. The molecule has 3 rings (SSSR count). The van der Waals surface area contributed by atoms with Crippen molar-refractivity contribution in [3.05, 3.63) is 64.7 Å². The number of hydrogen-bond donors (Lipinski definition) is 1. The molecule has 1 unspecified atom stereocenters. The minimum absolute atomic E-state index is 0.0868. The van der Waals surface area contributed by atoms with Crippen LogP contribution in [0.5, 0.6) is 11.5 Å². The van der Waals surface area contributed by atoms with Crippen molar-refractivity contribution in [2.45, 2.75) is 44.8 Å². The standard InChI is InChI=1S/C20H23N2O7P/c1-15(20(23)27-17-7-5-6-8-17)21-30(26,28-18-9-3-2-4-10-18)29-19-13-11-16(12-14-19)22(24)25/h2-4,9-15,17H,5-8H2,1H3,(H,21,26)/t15-,30?/m0/s1. The molecule has 160 valence electrons. The second-order valence-corrected chi connectivity index (χ2v) is 8.56. The number of non-ortho nitro benzene ring substituents is 1. The lowest BCUT2D eigenvalue weighted by Crippen LogP contribution is -2.37.